The molecule has 1 rings (SSSR count). The smallest absolute Gasteiger partial charge is 0.212 e. The Morgan fingerprint density at radius 1 is 1.40 bits per heavy atom. The highest BCUT2D eigenvalue weighted by molar-refractivity contribution is 7.89. The second-order valence-corrected chi connectivity index (χ2v) is 6.09. The lowest BCUT2D eigenvalue weighted by Crippen LogP contribution is -2.35. The summed E-state index contributed by atoms with van der Waals surface area (Å²) in [6.07, 6.45) is 10.8. The number of nitrogens with one attached hydrogen (secondary N) is 1. The Labute approximate surface area is 92.7 Å². The minimum atomic E-state index is -3.19. The van der Waals surface area contributed by atoms with Gasteiger partial charge in [-0.05, 0) is 25.7 Å². The van der Waals surface area contributed by atoms with Crippen LogP contribution < -0.4 is 4.72 Å². The molecule has 0 heterocycles. The monoisotopic (exact) mass is 229 g/mol. The van der Waals surface area contributed by atoms with Gasteiger partial charge >= 0.3 is 0 Å². The van der Waals surface area contributed by atoms with Crippen LogP contribution in [0.15, 0.2) is 0 Å². The van der Waals surface area contributed by atoms with Crippen molar-refractivity contribution in [2.24, 2.45) is 5.92 Å². The number of terminal acetylenes is 1. The predicted octanol–water partition coefficient (Wildman–Crippen LogP) is 1.51. The molecular formula is C11H19NO2S. The first-order valence-electron chi connectivity index (χ1n) is 5.49. The van der Waals surface area contributed by atoms with Crippen molar-refractivity contribution in [2.75, 3.05) is 5.75 Å². The van der Waals surface area contributed by atoms with Gasteiger partial charge in [-0.1, -0.05) is 25.2 Å². The Bertz CT molecular complexity index is 323. The Hall–Kier alpha value is -0.530. The van der Waals surface area contributed by atoms with Gasteiger partial charge in [0, 0.05) is 0 Å². The lowest BCUT2D eigenvalue weighted by Gasteiger charge is -2.21. The summed E-state index contributed by atoms with van der Waals surface area (Å²) in [6.45, 7) is 1.68. The summed E-state index contributed by atoms with van der Waals surface area (Å²) in [4.78, 5) is 0. The fourth-order valence-electron chi connectivity index (χ4n) is 2.02. The molecule has 0 saturated heterocycles. The van der Waals surface area contributed by atoms with Crippen LogP contribution in [0.5, 0.6) is 0 Å². The van der Waals surface area contributed by atoms with Gasteiger partial charge in [-0.3, -0.25) is 0 Å². The highest BCUT2D eigenvalue weighted by Crippen LogP contribution is 2.24. The maximum Gasteiger partial charge on any atom is 0.212 e. The summed E-state index contributed by atoms with van der Waals surface area (Å²) in [5.74, 6) is 2.92. The molecule has 3 nitrogen and oxygen atoms in total. The predicted molar refractivity (Wildman–Crippen MR) is 61.8 cm³/mol. The molecule has 0 aromatic rings. The zero-order valence-corrected chi connectivity index (χ0v) is 10.0. The maximum atomic E-state index is 11.7. The third kappa shape index (κ3) is 4.67. The Morgan fingerprint density at radius 2 is 2.00 bits per heavy atom. The average Bonchev–Trinajstić information content (AvgIpc) is 2.17. The molecule has 1 saturated carbocycles. The standard InChI is InChI=1S/C11H19NO2S/c1-3-10(2)12-15(13,14)9-11-7-5-4-6-8-11/h1,10-12H,4-9H2,2H3. The van der Waals surface area contributed by atoms with E-state index in [1.54, 1.807) is 6.92 Å². The zero-order chi connectivity index (χ0) is 11.3. The Morgan fingerprint density at radius 3 is 2.53 bits per heavy atom. The van der Waals surface area contributed by atoms with Crippen LogP contribution in [0, 0.1) is 18.3 Å². The molecular weight excluding hydrogens is 210 g/mol. The quantitative estimate of drug-likeness (QED) is 0.743. The summed E-state index contributed by atoms with van der Waals surface area (Å²) in [7, 11) is -3.19. The summed E-state index contributed by atoms with van der Waals surface area (Å²) < 4.78 is 25.8. The fraction of sp³-hybridized carbons (Fsp3) is 0.818. The lowest BCUT2D eigenvalue weighted by molar-refractivity contribution is 0.384. The van der Waals surface area contributed by atoms with E-state index in [0.717, 1.165) is 25.7 Å². The van der Waals surface area contributed by atoms with Crippen LogP contribution in [0.2, 0.25) is 0 Å². The molecule has 0 aromatic heterocycles. The van der Waals surface area contributed by atoms with Crippen molar-refractivity contribution >= 4 is 10.0 Å². The highest BCUT2D eigenvalue weighted by Gasteiger charge is 2.21. The molecule has 15 heavy (non-hydrogen) atoms. The van der Waals surface area contributed by atoms with E-state index < -0.39 is 16.1 Å². The maximum absolute atomic E-state index is 11.7. The number of hydrogen-bond donors (Lipinski definition) is 1. The topological polar surface area (TPSA) is 46.2 Å². The van der Waals surface area contributed by atoms with Gasteiger partial charge in [0.05, 0.1) is 11.8 Å². The van der Waals surface area contributed by atoms with Crippen LogP contribution >= 0.6 is 0 Å². The lowest BCUT2D eigenvalue weighted by atomic mass is 9.91. The van der Waals surface area contributed by atoms with Crippen LogP contribution in [0.4, 0.5) is 0 Å². The van der Waals surface area contributed by atoms with Gasteiger partial charge < -0.3 is 0 Å². The third-order valence-electron chi connectivity index (χ3n) is 2.79. The minimum Gasteiger partial charge on any atom is -0.212 e. The van der Waals surface area contributed by atoms with E-state index in [1.165, 1.54) is 6.42 Å². The number of sulfonamides is 1. The van der Waals surface area contributed by atoms with Crippen molar-refractivity contribution in [1.82, 2.24) is 4.72 Å². The molecule has 0 aromatic carbocycles. The molecule has 0 spiro atoms. The molecule has 1 N–H and O–H groups in total. The van der Waals surface area contributed by atoms with Crippen LogP contribution in [0.25, 0.3) is 0 Å². The van der Waals surface area contributed by atoms with Crippen LogP contribution in [0.3, 0.4) is 0 Å². The Kier molecular flexibility index (Phi) is 4.62. The fourth-order valence-corrected chi connectivity index (χ4v) is 3.67. The van der Waals surface area contributed by atoms with E-state index in [9.17, 15) is 8.42 Å². The van der Waals surface area contributed by atoms with E-state index >= 15 is 0 Å². The normalized spacial score (nSPS) is 20.8. The highest BCUT2D eigenvalue weighted by atomic mass is 32.2. The summed E-state index contributed by atoms with van der Waals surface area (Å²) in [6, 6.07) is -0.404. The SMILES string of the molecule is C#CC(C)NS(=O)(=O)CC1CCCCC1. The van der Waals surface area contributed by atoms with Gasteiger partial charge in [-0.2, -0.15) is 0 Å². The molecule has 1 unspecified atom stereocenters. The van der Waals surface area contributed by atoms with Gasteiger partial charge in [0.1, 0.15) is 0 Å². The van der Waals surface area contributed by atoms with Crippen LogP contribution in [0.1, 0.15) is 39.0 Å². The zero-order valence-electron chi connectivity index (χ0n) is 9.20. The van der Waals surface area contributed by atoms with E-state index in [1.807, 2.05) is 0 Å². The minimum absolute atomic E-state index is 0.235. The average molecular weight is 229 g/mol. The second kappa shape index (κ2) is 5.53. The van der Waals surface area contributed by atoms with Crippen molar-refractivity contribution in [3.05, 3.63) is 0 Å². The van der Waals surface area contributed by atoms with E-state index in [-0.39, 0.29) is 5.75 Å². The van der Waals surface area contributed by atoms with E-state index in [0.29, 0.717) is 5.92 Å². The molecule has 86 valence electrons. The molecule has 0 bridgehead atoms. The number of hydrogen-bond acceptors (Lipinski definition) is 2. The summed E-state index contributed by atoms with van der Waals surface area (Å²) in [5, 5.41) is 0. The first kappa shape index (κ1) is 12.5. The summed E-state index contributed by atoms with van der Waals surface area (Å²) >= 11 is 0. The molecule has 1 fully saturated rings. The van der Waals surface area contributed by atoms with E-state index in [2.05, 4.69) is 10.6 Å². The molecule has 0 aliphatic heterocycles. The molecule has 1 aliphatic rings. The van der Waals surface area contributed by atoms with Crippen molar-refractivity contribution in [3.63, 3.8) is 0 Å². The second-order valence-electron chi connectivity index (χ2n) is 4.29. The molecule has 1 aliphatic carbocycles. The number of rotatable bonds is 4. The van der Waals surface area contributed by atoms with Crippen molar-refractivity contribution in [2.45, 2.75) is 45.1 Å². The van der Waals surface area contributed by atoms with Gasteiger partial charge in [0.15, 0.2) is 0 Å². The van der Waals surface area contributed by atoms with Gasteiger partial charge in [0.25, 0.3) is 0 Å². The first-order chi connectivity index (χ1) is 7.03. The van der Waals surface area contributed by atoms with Gasteiger partial charge in [0.2, 0.25) is 10.0 Å². The van der Waals surface area contributed by atoms with Crippen molar-refractivity contribution in [3.8, 4) is 12.3 Å². The third-order valence-corrected chi connectivity index (χ3v) is 4.41. The Balaban J connectivity index is 2.45. The molecule has 1 atom stereocenters. The van der Waals surface area contributed by atoms with Crippen molar-refractivity contribution in [1.29, 1.82) is 0 Å². The van der Waals surface area contributed by atoms with Crippen LogP contribution in [-0.4, -0.2) is 20.2 Å². The van der Waals surface area contributed by atoms with Gasteiger partial charge in [-0.15, -0.1) is 6.42 Å². The first-order valence-corrected chi connectivity index (χ1v) is 7.15. The summed E-state index contributed by atoms with van der Waals surface area (Å²) in [5.41, 5.74) is 0. The molecule has 0 amide bonds. The molecule has 4 heteroatoms. The van der Waals surface area contributed by atoms with Crippen LogP contribution in [-0.2, 0) is 10.0 Å². The van der Waals surface area contributed by atoms with Gasteiger partial charge in [-0.25, -0.2) is 13.1 Å². The molecule has 0 radical (unpaired) electrons. The largest absolute Gasteiger partial charge is 0.212 e. The van der Waals surface area contributed by atoms with E-state index in [4.69, 9.17) is 6.42 Å². The van der Waals surface area contributed by atoms with Crippen molar-refractivity contribution < 1.29 is 8.42 Å².